The number of esters is 1. The molecule has 0 amide bonds. The van der Waals surface area contributed by atoms with Gasteiger partial charge in [0.15, 0.2) is 0 Å². The van der Waals surface area contributed by atoms with Gasteiger partial charge in [-0.15, -0.1) is 0 Å². The van der Waals surface area contributed by atoms with E-state index in [9.17, 15) is 19.6 Å². The van der Waals surface area contributed by atoms with Gasteiger partial charge in [0.25, 0.3) is 0 Å². The summed E-state index contributed by atoms with van der Waals surface area (Å²) in [5.41, 5.74) is 1.90. The molecule has 2 N–H and O–H groups in total. The fourth-order valence-electron chi connectivity index (χ4n) is 3.38. The van der Waals surface area contributed by atoms with Crippen LogP contribution in [0, 0.1) is 31.1 Å². The molecule has 10 nitrogen and oxygen atoms in total. The van der Waals surface area contributed by atoms with Crippen LogP contribution in [0.2, 0.25) is 0 Å². The van der Waals surface area contributed by atoms with E-state index in [1.165, 1.54) is 12.1 Å². The number of nitrogens with zero attached hydrogens (tertiary/aromatic N) is 4. The molecule has 3 rings (SSSR count). The zero-order chi connectivity index (χ0) is 24.5. The van der Waals surface area contributed by atoms with Crippen molar-refractivity contribution < 1.29 is 29.3 Å². The Balaban J connectivity index is 0.000000321. The van der Waals surface area contributed by atoms with Crippen molar-refractivity contribution in [3.05, 3.63) is 52.5 Å². The number of carboxylic acid groups (broad SMARTS) is 2. The summed E-state index contributed by atoms with van der Waals surface area (Å²) in [4.78, 5) is 43.4. The molecule has 2 aromatic rings. The van der Waals surface area contributed by atoms with Gasteiger partial charge in [-0.1, -0.05) is 0 Å². The SMILES string of the molecule is CCOC(=O)c1cc(C#N)c(N2CCC(C(=O)O)CC2)nc1C.Cc1ncccc1C(=O)O. The molecule has 0 unspecified atom stereocenters. The standard InChI is InChI=1S/C16H19N3O4.C7H7NO2/c1-3-23-16(22)13-8-12(9-17)14(18-10(13)2)19-6-4-11(5-7-19)15(20)21;1-5-6(7(9)10)3-2-4-8-5/h8,11H,3-7H2,1-2H3,(H,20,21);2-4H,1H3,(H,9,10). The van der Waals surface area contributed by atoms with Crippen LogP contribution >= 0.6 is 0 Å². The van der Waals surface area contributed by atoms with Crippen molar-refractivity contribution >= 4 is 23.7 Å². The number of ether oxygens (including phenoxy) is 1. The highest BCUT2D eigenvalue weighted by atomic mass is 16.5. The number of aromatic nitrogens is 2. The number of carbonyl (C=O) groups excluding carboxylic acids is 1. The largest absolute Gasteiger partial charge is 0.481 e. The number of carboxylic acids is 2. The molecule has 0 aromatic carbocycles. The normalized spacial score (nSPS) is 13.3. The highest BCUT2D eigenvalue weighted by Crippen LogP contribution is 2.26. The summed E-state index contributed by atoms with van der Waals surface area (Å²) in [7, 11) is 0. The maximum Gasteiger partial charge on any atom is 0.340 e. The van der Waals surface area contributed by atoms with Gasteiger partial charge < -0.3 is 19.8 Å². The Kier molecular flexibility index (Phi) is 8.86. The molecule has 0 atom stereocenters. The van der Waals surface area contributed by atoms with Gasteiger partial charge in [-0.05, 0) is 51.8 Å². The molecule has 1 saturated heterocycles. The lowest BCUT2D eigenvalue weighted by Gasteiger charge is -2.31. The maximum atomic E-state index is 11.9. The summed E-state index contributed by atoms with van der Waals surface area (Å²) < 4.78 is 4.97. The third-order valence-corrected chi connectivity index (χ3v) is 5.19. The minimum atomic E-state index is -0.925. The molecule has 2 aromatic heterocycles. The van der Waals surface area contributed by atoms with Gasteiger partial charge in [0.1, 0.15) is 11.9 Å². The van der Waals surface area contributed by atoms with Crippen LogP contribution in [0.4, 0.5) is 5.82 Å². The van der Waals surface area contributed by atoms with Crippen LogP contribution in [0.5, 0.6) is 0 Å². The van der Waals surface area contributed by atoms with E-state index >= 15 is 0 Å². The second-order valence-corrected chi connectivity index (χ2v) is 7.37. The molecule has 0 bridgehead atoms. The number of rotatable bonds is 5. The van der Waals surface area contributed by atoms with E-state index in [0.717, 1.165) is 0 Å². The number of piperidine rings is 1. The highest BCUT2D eigenvalue weighted by Gasteiger charge is 2.27. The lowest BCUT2D eigenvalue weighted by atomic mass is 9.96. The Bertz CT molecular complexity index is 1070. The predicted molar refractivity (Wildman–Crippen MR) is 118 cm³/mol. The summed E-state index contributed by atoms with van der Waals surface area (Å²) >= 11 is 0. The molecule has 33 heavy (non-hydrogen) atoms. The minimum absolute atomic E-state index is 0.255. The molecule has 0 aliphatic carbocycles. The monoisotopic (exact) mass is 454 g/mol. The number of anilines is 1. The highest BCUT2D eigenvalue weighted by molar-refractivity contribution is 5.91. The molecule has 10 heteroatoms. The molecule has 0 radical (unpaired) electrons. The molecule has 174 valence electrons. The lowest BCUT2D eigenvalue weighted by Crippen LogP contribution is -2.37. The average Bonchev–Trinajstić information content (AvgIpc) is 2.79. The van der Waals surface area contributed by atoms with Crippen molar-refractivity contribution in [2.24, 2.45) is 5.92 Å². The third kappa shape index (κ3) is 6.49. The number of pyridine rings is 2. The maximum absolute atomic E-state index is 11.9. The van der Waals surface area contributed by atoms with Crippen LogP contribution in [0.15, 0.2) is 24.4 Å². The third-order valence-electron chi connectivity index (χ3n) is 5.19. The first-order valence-electron chi connectivity index (χ1n) is 10.4. The quantitative estimate of drug-likeness (QED) is 0.644. The van der Waals surface area contributed by atoms with Gasteiger partial charge >= 0.3 is 17.9 Å². The Morgan fingerprint density at radius 1 is 1.18 bits per heavy atom. The fourth-order valence-corrected chi connectivity index (χ4v) is 3.38. The van der Waals surface area contributed by atoms with Crippen molar-refractivity contribution in [3.8, 4) is 6.07 Å². The molecule has 3 heterocycles. The number of hydrogen-bond donors (Lipinski definition) is 2. The van der Waals surface area contributed by atoms with Crippen LogP contribution < -0.4 is 4.90 Å². The van der Waals surface area contributed by atoms with Crippen LogP contribution in [-0.2, 0) is 9.53 Å². The minimum Gasteiger partial charge on any atom is -0.481 e. The Morgan fingerprint density at radius 3 is 2.33 bits per heavy atom. The zero-order valence-corrected chi connectivity index (χ0v) is 18.7. The second kappa shape index (κ2) is 11.6. The Hall–Kier alpha value is -4.00. The lowest BCUT2D eigenvalue weighted by molar-refractivity contribution is -0.142. The van der Waals surface area contributed by atoms with E-state index in [0.29, 0.717) is 48.7 Å². The molecular formula is C23H26N4O6. The summed E-state index contributed by atoms with van der Waals surface area (Å²) in [5.74, 6) is -2.05. The molecule has 1 aliphatic heterocycles. The van der Waals surface area contributed by atoms with E-state index < -0.39 is 17.9 Å². The van der Waals surface area contributed by atoms with E-state index in [1.807, 2.05) is 4.90 Å². The number of aliphatic carboxylic acids is 1. The zero-order valence-electron chi connectivity index (χ0n) is 18.7. The molecule has 1 fully saturated rings. The van der Waals surface area contributed by atoms with E-state index in [4.69, 9.17) is 14.9 Å². The smallest absolute Gasteiger partial charge is 0.340 e. The van der Waals surface area contributed by atoms with Crippen molar-refractivity contribution in [1.82, 2.24) is 9.97 Å². The Labute approximate surface area is 191 Å². The first-order valence-corrected chi connectivity index (χ1v) is 10.4. The van der Waals surface area contributed by atoms with Crippen molar-refractivity contribution in [3.63, 3.8) is 0 Å². The van der Waals surface area contributed by atoms with Gasteiger partial charge in [-0.25, -0.2) is 14.6 Å². The van der Waals surface area contributed by atoms with Gasteiger partial charge in [0.2, 0.25) is 0 Å². The fraction of sp³-hybridized carbons (Fsp3) is 0.391. The first kappa shape index (κ1) is 25.3. The molecule has 0 saturated carbocycles. The van der Waals surface area contributed by atoms with E-state index in [2.05, 4.69) is 16.0 Å². The Morgan fingerprint density at radius 2 is 1.85 bits per heavy atom. The summed E-state index contributed by atoms with van der Waals surface area (Å²) in [5, 5.41) is 26.9. The van der Waals surface area contributed by atoms with E-state index in [1.54, 1.807) is 33.0 Å². The first-order chi connectivity index (χ1) is 15.7. The van der Waals surface area contributed by atoms with Gasteiger partial charge in [-0.2, -0.15) is 5.26 Å². The van der Waals surface area contributed by atoms with Crippen molar-refractivity contribution in [1.29, 1.82) is 5.26 Å². The summed E-state index contributed by atoms with van der Waals surface area (Å²) in [6, 6.07) is 6.70. The topological polar surface area (TPSA) is 154 Å². The number of carbonyl (C=O) groups is 3. The molecule has 0 spiro atoms. The van der Waals surface area contributed by atoms with Crippen LogP contribution in [-0.4, -0.2) is 57.8 Å². The van der Waals surface area contributed by atoms with Crippen LogP contribution in [0.3, 0.4) is 0 Å². The van der Waals surface area contributed by atoms with Crippen LogP contribution in [0.1, 0.15) is 57.4 Å². The number of hydrogen-bond acceptors (Lipinski definition) is 8. The van der Waals surface area contributed by atoms with Gasteiger partial charge in [0.05, 0.1) is 40.6 Å². The number of aromatic carboxylic acids is 1. The van der Waals surface area contributed by atoms with Crippen LogP contribution in [0.25, 0.3) is 0 Å². The summed E-state index contributed by atoms with van der Waals surface area (Å²) in [6.45, 7) is 6.38. The average molecular weight is 454 g/mol. The predicted octanol–water partition coefficient (Wildman–Crippen LogP) is 2.83. The van der Waals surface area contributed by atoms with Crippen molar-refractivity contribution in [2.75, 3.05) is 24.6 Å². The van der Waals surface area contributed by atoms with E-state index in [-0.39, 0.29) is 23.7 Å². The van der Waals surface area contributed by atoms with Crippen molar-refractivity contribution in [2.45, 2.75) is 33.6 Å². The number of aryl methyl sites for hydroxylation is 2. The second-order valence-electron chi connectivity index (χ2n) is 7.37. The van der Waals surface area contributed by atoms with Gasteiger partial charge in [0, 0.05) is 19.3 Å². The molecular weight excluding hydrogens is 428 g/mol. The molecule has 1 aliphatic rings. The number of nitriles is 1. The summed E-state index contributed by atoms with van der Waals surface area (Å²) in [6.07, 6.45) is 2.60. The van der Waals surface area contributed by atoms with Gasteiger partial charge in [-0.3, -0.25) is 9.78 Å².